The predicted molar refractivity (Wildman–Crippen MR) is 106 cm³/mol. The Kier molecular flexibility index (Phi) is 4.33. The van der Waals surface area contributed by atoms with Gasteiger partial charge in [0.15, 0.2) is 0 Å². The summed E-state index contributed by atoms with van der Waals surface area (Å²) in [4.78, 5) is 32.2. The molecule has 7 nitrogen and oxygen atoms in total. The van der Waals surface area contributed by atoms with E-state index in [2.05, 4.69) is 15.1 Å². The van der Waals surface area contributed by atoms with E-state index in [0.29, 0.717) is 28.3 Å². The molecule has 8 heteroatoms. The lowest BCUT2D eigenvalue weighted by atomic mass is 10.1. The first-order valence-corrected chi connectivity index (χ1v) is 9.25. The molecular formula is C19H16N4O3S. The number of hydrogen-bond acceptors (Lipinski definition) is 6. The van der Waals surface area contributed by atoms with Crippen molar-refractivity contribution in [2.45, 2.75) is 19.9 Å². The van der Waals surface area contributed by atoms with Gasteiger partial charge in [0.1, 0.15) is 0 Å². The lowest BCUT2D eigenvalue weighted by Crippen LogP contribution is -2.37. The first kappa shape index (κ1) is 17.2. The van der Waals surface area contributed by atoms with Crippen molar-refractivity contribution in [3.8, 4) is 11.4 Å². The zero-order valence-electron chi connectivity index (χ0n) is 14.7. The van der Waals surface area contributed by atoms with Crippen LogP contribution in [0.25, 0.3) is 34.6 Å². The monoisotopic (exact) mass is 380 g/mol. The Morgan fingerprint density at radius 1 is 1.22 bits per heavy atom. The summed E-state index contributed by atoms with van der Waals surface area (Å²) in [7, 11) is 0. The molecule has 1 aromatic carbocycles. The molecule has 0 amide bonds. The number of fused-ring (bicyclic) bond motifs is 1. The molecule has 4 aromatic rings. The highest BCUT2D eigenvalue weighted by Crippen LogP contribution is 2.22. The SMILES string of the molecule is CC(C)n1c(=O)c(=O)[nH]c2cc(-c3noc(C=Cc4cccs4)n3)ccc21. The Hall–Kier alpha value is -3.26. The van der Waals surface area contributed by atoms with Gasteiger partial charge in [0.2, 0.25) is 5.82 Å². The Morgan fingerprint density at radius 2 is 2.07 bits per heavy atom. The van der Waals surface area contributed by atoms with E-state index in [9.17, 15) is 9.59 Å². The molecule has 3 aromatic heterocycles. The second-order valence-corrected chi connectivity index (χ2v) is 7.24. The maximum atomic E-state index is 12.1. The fourth-order valence-electron chi connectivity index (χ4n) is 2.85. The number of aromatic amines is 1. The minimum atomic E-state index is -0.652. The van der Waals surface area contributed by atoms with E-state index in [0.717, 1.165) is 4.88 Å². The topological polar surface area (TPSA) is 93.8 Å². The van der Waals surface area contributed by atoms with Crippen LogP contribution in [0.5, 0.6) is 0 Å². The van der Waals surface area contributed by atoms with E-state index in [1.54, 1.807) is 35.6 Å². The number of aromatic nitrogens is 4. The number of nitrogens with zero attached hydrogens (tertiary/aromatic N) is 3. The van der Waals surface area contributed by atoms with Gasteiger partial charge < -0.3 is 9.51 Å². The van der Waals surface area contributed by atoms with Crippen molar-refractivity contribution in [1.82, 2.24) is 19.7 Å². The van der Waals surface area contributed by atoms with E-state index >= 15 is 0 Å². The molecule has 0 saturated heterocycles. The summed E-state index contributed by atoms with van der Waals surface area (Å²) in [5.41, 5.74) is 0.671. The maximum absolute atomic E-state index is 12.1. The minimum Gasteiger partial charge on any atom is -0.334 e. The Labute approximate surface area is 157 Å². The van der Waals surface area contributed by atoms with Crippen LogP contribution in [0.4, 0.5) is 0 Å². The molecular weight excluding hydrogens is 364 g/mol. The average molecular weight is 380 g/mol. The number of hydrogen-bond donors (Lipinski definition) is 1. The van der Waals surface area contributed by atoms with Crippen molar-refractivity contribution in [2.75, 3.05) is 0 Å². The van der Waals surface area contributed by atoms with Crippen LogP contribution in [-0.4, -0.2) is 19.7 Å². The molecule has 136 valence electrons. The van der Waals surface area contributed by atoms with Gasteiger partial charge in [0, 0.05) is 22.6 Å². The number of thiophene rings is 1. The lowest BCUT2D eigenvalue weighted by Gasteiger charge is -2.13. The van der Waals surface area contributed by atoms with Gasteiger partial charge in [-0.05, 0) is 49.6 Å². The molecule has 0 bridgehead atoms. The van der Waals surface area contributed by atoms with Crippen molar-refractivity contribution >= 4 is 34.5 Å². The van der Waals surface area contributed by atoms with Crippen molar-refractivity contribution in [3.63, 3.8) is 0 Å². The smallest absolute Gasteiger partial charge is 0.316 e. The second kappa shape index (κ2) is 6.81. The van der Waals surface area contributed by atoms with Gasteiger partial charge in [0.05, 0.1) is 11.0 Å². The Morgan fingerprint density at radius 3 is 2.81 bits per heavy atom. The van der Waals surface area contributed by atoms with Crippen LogP contribution in [0.1, 0.15) is 30.7 Å². The highest BCUT2D eigenvalue weighted by molar-refractivity contribution is 7.10. The summed E-state index contributed by atoms with van der Waals surface area (Å²) in [6, 6.07) is 9.15. The predicted octanol–water partition coefficient (Wildman–Crippen LogP) is 3.55. The molecule has 0 radical (unpaired) electrons. The molecule has 0 unspecified atom stereocenters. The molecule has 0 aliphatic heterocycles. The molecule has 1 N–H and O–H groups in total. The highest BCUT2D eigenvalue weighted by Gasteiger charge is 2.13. The van der Waals surface area contributed by atoms with Gasteiger partial charge in [-0.2, -0.15) is 4.98 Å². The minimum absolute atomic E-state index is 0.132. The van der Waals surface area contributed by atoms with Crippen molar-refractivity contribution < 1.29 is 4.52 Å². The van der Waals surface area contributed by atoms with E-state index < -0.39 is 11.1 Å². The Bertz CT molecular complexity index is 1250. The molecule has 0 aliphatic carbocycles. The number of benzene rings is 1. The largest absolute Gasteiger partial charge is 0.334 e. The second-order valence-electron chi connectivity index (χ2n) is 6.26. The molecule has 0 saturated carbocycles. The quantitative estimate of drug-likeness (QED) is 0.547. The molecule has 0 aliphatic rings. The first-order chi connectivity index (χ1) is 13.0. The van der Waals surface area contributed by atoms with E-state index in [1.807, 2.05) is 37.4 Å². The first-order valence-electron chi connectivity index (χ1n) is 8.37. The van der Waals surface area contributed by atoms with Gasteiger partial charge in [-0.15, -0.1) is 11.3 Å². The van der Waals surface area contributed by atoms with Crippen LogP contribution in [0.15, 0.2) is 49.8 Å². The van der Waals surface area contributed by atoms with Crippen molar-refractivity contribution in [3.05, 3.63) is 67.2 Å². The molecule has 0 fully saturated rings. The van der Waals surface area contributed by atoms with Gasteiger partial charge in [-0.25, -0.2) is 0 Å². The third-order valence-corrected chi connectivity index (χ3v) is 4.90. The van der Waals surface area contributed by atoms with Crippen molar-refractivity contribution in [1.29, 1.82) is 0 Å². The zero-order valence-corrected chi connectivity index (χ0v) is 15.5. The third-order valence-electron chi connectivity index (χ3n) is 4.07. The maximum Gasteiger partial charge on any atom is 0.316 e. The third kappa shape index (κ3) is 3.26. The number of rotatable bonds is 4. The number of H-pyrrole nitrogens is 1. The van der Waals surface area contributed by atoms with Gasteiger partial charge >= 0.3 is 11.1 Å². The lowest BCUT2D eigenvalue weighted by molar-refractivity contribution is 0.411. The van der Waals surface area contributed by atoms with Crippen LogP contribution < -0.4 is 11.1 Å². The van der Waals surface area contributed by atoms with E-state index in [-0.39, 0.29) is 6.04 Å². The molecule has 27 heavy (non-hydrogen) atoms. The van der Waals surface area contributed by atoms with Crippen LogP contribution in [0.2, 0.25) is 0 Å². The Balaban J connectivity index is 1.74. The molecule has 3 heterocycles. The van der Waals surface area contributed by atoms with Gasteiger partial charge in [0.25, 0.3) is 5.89 Å². The fourth-order valence-corrected chi connectivity index (χ4v) is 3.47. The van der Waals surface area contributed by atoms with Crippen LogP contribution in [0.3, 0.4) is 0 Å². The molecule has 4 rings (SSSR count). The van der Waals surface area contributed by atoms with Crippen LogP contribution in [0, 0.1) is 0 Å². The normalized spacial score (nSPS) is 11.8. The summed E-state index contributed by atoms with van der Waals surface area (Å²) < 4.78 is 6.74. The summed E-state index contributed by atoms with van der Waals surface area (Å²) in [6.45, 7) is 3.72. The average Bonchev–Trinajstić information content (AvgIpc) is 3.32. The summed E-state index contributed by atoms with van der Waals surface area (Å²) in [5.74, 6) is 0.796. The fraction of sp³-hybridized carbons (Fsp3) is 0.158. The highest BCUT2D eigenvalue weighted by atomic mass is 32.1. The van der Waals surface area contributed by atoms with Gasteiger partial charge in [-0.3, -0.25) is 14.2 Å². The summed E-state index contributed by atoms with van der Waals surface area (Å²) in [5, 5.41) is 5.99. The van der Waals surface area contributed by atoms with Gasteiger partial charge in [-0.1, -0.05) is 11.2 Å². The summed E-state index contributed by atoms with van der Waals surface area (Å²) >= 11 is 1.61. The van der Waals surface area contributed by atoms with Crippen molar-refractivity contribution in [2.24, 2.45) is 0 Å². The van der Waals surface area contributed by atoms with Crippen LogP contribution >= 0.6 is 11.3 Å². The molecule has 0 atom stereocenters. The zero-order chi connectivity index (χ0) is 19.0. The standard InChI is InChI=1S/C19H16N4O3S/c1-11(2)23-15-7-5-12(10-14(15)20-18(24)19(23)25)17-21-16(26-22-17)8-6-13-4-3-9-27-13/h3-11H,1-2H3,(H,20,24). The number of nitrogens with one attached hydrogen (secondary N) is 1. The molecule has 0 spiro atoms. The summed E-state index contributed by atoms with van der Waals surface area (Å²) in [6.07, 6.45) is 3.66. The van der Waals surface area contributed by atoms with Crippen LogP contribution in [-0.2, 0) is 0 Å². The van der Waals surface area contributed by atoms with E-state index in [1.165, 1.54) is 4.57 Å². The van der Waals surface area contributed by atoms with E-state index in [4.69, 9.17) is 4.52 Å².